The predicted octanol–water partition coefficient (Wildman–Crippen LogP) is 7.59. The van der Waals surface area contributed by atoms with Gasteiger partial charge < -0.3 is 9.47 Å². The Balaban J connectivity index is 1.79. The third kappa shape index (κ3) is 12.8. The van der Waals surface area contributed by atoms with Crippen molar-refractivity contribution in [3.8, 4) is 11.5 Å². The van der Waals surface area contributed by atoms with Crippen LogP contribution in [0.15, 0.2) is 58.5 Å². The highest BCUT2D eigenvalue weighted by Crippen LogP contribution is 2.18. The Morgan fingerprint density at radius 3 is 1.53 bits per heavy atom. The normalized spacial score (nSPS) is 11.3. The van der Waals surface area contributed by atoms with Gasteiger partial charge in [0, 0.05) is 49.5 Å². The molecular weight excluding hydrogens is 476 g/mol. The number of carbonyl (C=O) groups excluding carboxylic acids is 2. The molecule has 2 aromatic carbocycles. The maximum Gasteiger partial charge on any atom is 0.233 e. The standard InChI is InChI=1S/C32H44N2O4/c1-3-5-7-9-19-33-21-13-23-37-29-17-11-15-27(25-29)31(35)32(36)28-16-12-18-30(26-28)38-24-14-22-34-20-10-8-6-4-2/h11-12,15-18,21-22,25-26H,3-10,13-14,19-20,23-24H2,1-2H3. The minimum absolute atomic E-state index is 0.304. The Bertz CT molecular complexity index is 935. The zero-order chi connectivity index (χ0) is 27.3. The highest BCUT2D eigenvalue weighted by molar-refractivity contribution is 6.49. The van der Waals surface area contributed by atoms with E-state index in [1.165, 1.54) is 38.5 Å². The number of rotatable bonds is 21. The first-order valence-corrected chi connectivity index (χ1v) is 14.2. The molecule has 0 radical (unpaired) electrons. The fourth-order valence-corrected chi connectivity index (χ4v) is 3.80. The van der Waals surface area contributed by atoms with Crippen molar-refractivity contribution in [1.29, 1.82) is 0 Å². The molecule has 2 rings (SSSR count). The smallest absolute Gasteiger partial charge is 0.233 e. The van der Waals surface area contributed by atoms with Crippen LogP contribution < -0.4 is 9.47 Å². The molecule has 0 aromatic heterocycles. The number of ketones is 2. The molecule has 0 aliphatic heterocycles. The Labute approximate surface area is 228 Å². The van der Waals surface area contributed by atoms with Gasteiger partial charge in [0.15, 0.2) is 0 Å². The first kappa shape index (κ1) is 30.9. The minimum Gasteiger partial charge on any atom is -0.493 e. The number of carbonyl (C=O) groups is 2. The molecule has 0 N–H and O–H groups in total. The number of Topliss-reactive ketones (excluding diaryl/α,β-unsaturated/α-hetero) is 2. The molecule has 0 bridgehead atoms. The first-order valence-electron chi connectivity index (χ1n) is 14.2. The first-order chi connectivity index (χ1) is 18.7. The monoisotopic (exact) mass is 520 g/mol. The van der Waals surface area contributed by atoms with Crippen LogP contribution >= 0.6 is 0 Å². The van der Waals surface area contributed by atoms with Gasteiger partial charge in [-0.1, -0.05) is 76.6 Å². The highest BCUT2D eigenvalue weighted by atomic mass is 16.5. The van der Waals surface area contributed by atoms with Gasteiger partial charge in [-0.2, -0.15) is 0 Å². The molecule has 206 valence electrons. The fraction of sp³-hybridized carbons (Fsp3) is 0.500. The van der Waals surface area contributed by atoms with E-state index in [1.807, 2.05) is 12.4 Å². The lowest BCUT2D eigenvalue weighted by atomic mass is 10.0. The number of unbranched alkanes of at least 4 members (excludes halogenated alkanes) is 6. The van der Waals surface area contributed by atoms with Gasteiger partial charge in [0.25, 0.3) is 0 Å². The Kier molecular flexibility index (Phi) is 16.1. The zero-order valence-corrected chi connectivity index (χ0v) is 23.2. The molecule has 6 heteroatoms. The van der Waals surface area contributed by atoms with Crippen molar-refractivity contribution in [1.82, 2.24) is 0 Å². The summed E-state index contributed by atoms with van der Waals surface area (Å²) in [6.45, 7) is 7.03. The minimum atomic E-state index is -0.573. The molecule has 6 nitrogen and oxygen atoms in total. The van der Waals surface area contributed by atoms with Gasteiger partial charge in [0.2, 0.25) is 11.6 Å². The maximum atomic E-state index is 12.9. The van der Waals surface area contributed by atoms with E-state index >= 15 is 0 Å². The van der Waals surface area contributed by atoms with E-state index in [-0.39, 0.29) is 0 Å². The van der Waals surface area contributed by atoms with E-state index in [4.69, 9.17) is 9.47 Å². The molecule has 2 aromatic rings. The summed E-state index contributed by atoms with van der Waals surface area (Å²) in [5, 5.41) is 0. The number of benzene rings is 2. The second-order valence-electron chi connectivity index (χ2n) is 9.29. The molecule has 0 atom stereocenters. The van der Waals surface area contributed by atoms with Crippen LogP contribution in [0.3, 0.4) is 0 Å². The summed E-state index contributed by atoms with van der Waals surface area (Å²) in [7, 11) is 0. The van der Waals surface area contributed by atoms with E-state index in [0.717, 1.165) is 25.9 Å². The molecule has 38 heavy (non-hydrogen) atoms. The van der Waals surface area contributed by atoms with Crippen LogP contribution in [0.1, 0.15) is 98.8 Å². The van der Waals surface area contributed by atoms with Gasteiger partial charge in [-0.15, -0.1) is 0 Å². The van der Waals surface area contributed by atoms with Gasteiger partial charge in [0.05, 0.1) is 13.2 Å². The number of nitrogens with zero attached hydrogens (tertiary/aromatic N) is 2. The third-order valence-electron chi connectivity index (χ3n) is 5.97. The molecule has 0 heterocycles. The van der Waals surface area contributed by atoms with E-state index in [9.17, 15) is 9.59 Å². The summed E-state index contributed by atoms with van der Waals surface area (Å²) in [6, 6.07) is 13.5. The lowest BCUT2D eigenvalue weighted by Crippen LogP contribution is -2.15. The Hall–Kier alpha value is -3.28. The van der Waals surface area contributed by atoms with E-state index in [0.29, 0.717) is 48.7 Å². The molecule has 0 saturated carbocycles. The SMILES string of the molecule is CCCCCCN=CCCOc1cccc(C(=O)C(=O)c2cccc(OCCC=NCCCCCC)c2)c1. The number of ether oxygens (including phenoxy) is 2. The van der Waals surface area contributed by atoms with Gasteiger partial charge >= 0.3 is 0 Å². The van der Waals surface area contributed by atoms with Gasteiger partial charge in [-0.3, -0.25) is 19.6 Å². The van der Waals surface area contributed by atoms with Crippen LogP contribution in [-0.4, -0.2) is 50.3 Å². The van der Waals surface area contributed by atoms with Crippen LogP contribution in [0, 0.1) is 0 Å². The van der Waals surface area contributed by atoms with Crippen molar-refractivity contribution in [2.24, 2.45) is 9.98 Å². The molecular formula is C32H44N2O4. The maximum absolute atomic E-state index is 12.9. The lowest BCUT2D eigenvalue weighted by Gasteiger charge is -2.08. The summed E-state index contributed by atoms with van der Waals surface area (Å²) in [6.07, 6.45) is 14.8. The average Bonchev–Trinajstić information content (AvgIpc) is 2.95. The number of aliphatic imine (C=N–C) groups is 2. The highest BCUT2D eigenvalue weighted by Gasteiger charge is 2.19. The molecule has 0 amide bonds. The van der Waals surface area contributed by atoms with Crippen LogP contribution in [0.2, 0.25) is 0 Å². The third-order valence-corrected chi connectivity index (χ3v) is 5.97. The summed E-state index contributed by atoms with van der Waals surface area (Å²) in [5.74, 6) is -0.0267. The summed E-state index contributed by atoms with van der Waals surface area (Å²) < 4.78 is 11.5. The molecule has 0 saturated heterocycles. The number of hydrogen-bond donors (Lipinski definition) is 0. The lowest BCUT2D eigenvalue weighted by molar-refractivity contribution is 0.0816. The Morgan fingerprint density at radius 1 is 0.658 bits per heavy atom. The summed E-state index contributed by atoms with van der Waals surface area (Å²) >= 11 is 0. The molecule has 0 aliphatic rings. The van der Waals surface area contributed by atoms with Gasteiger partial charge in [0.1, 0.15) is 11.5 Å². The van der Waals surface area contributed by atoms with Crippen molar-refractivity contribution in [2.75, 3.05) is 26.3 Å². The molecule has 0 aliphatic carbocycles. The van der Waals surface area contributed by atoms with Crippen LogP contribution in [0.5, 0.6) is 11.5 Å². The van der Waals surface area contributed by atoms with Crippen LogP contribution in [0.4, 0.5) is 0 Å². The van der Waals surface area contributed by atoms with E-state index in [1.54, 1.807) is 48.5 Å². The topological polar surface area (TPSA) is 77.3 Å². The zero-order valence-electron chi connectivity index (χ0n) is 23.2. The Morgan fingerprint density at radius 2 is 1.11 bits per heavy atom. The second-order valence-corrected chi connectivity index (χ2v) is 9.29. The summed E-state index contributed by atoms with van der Waals surface area (Å²) in [4.78, 5) is 34.6. The van der Waals surface area contributed by atoms with Crippen molar-refractivity contribution < 1.29 is 19.1 Å². The summed E-state index contributed by atoms with van der Waals surface area (Å²) in [5.41, 5.74) is 0.608. The second kappa shape index (κ2) is 19.8. The molecule has 0 unspecified atom stereocenters. The van der Waals surface area contributed by atoms with Crippen LogP contribution in [0.25, 0.3) is 0 Å². The van der Waals surface area contributed by atoms with E-state index < -0.39 is 11.6 Å². The van der Waals surface area contributed by atoms with Crippen molar-refractivity contribution in [3.05, 3.63) is 59.7 Å². The number of hydrogen-bond acceptors (Lipinski definition) is 6. The predicted molar refractivity (Wildman–Crippen MR) is 157 cm³/mol. The van der Waals surface area contributed by atoms with Crippen molar-refractivity contribution in [2.45, 2.75) is 78.1 Å². The van der Waals surface area contributed by atoms with Gasteiger partial charge in [-0.05, 0) is 37.1 Å². The molecule has 0 spiro atoms. The fourth-order valence-electron chi connectivity index (χ4n) is 3.80. The van der Waals surface area contributed by atoms with Gasteiger partial charge in [-0.25, -0.2) is 0 Å². The quantitative estimate of drug-likeness (QED) is 0.0735. The van der Waals surface area contributed by atoms with Crippen LogP contribution in [-0.2, 0) is 0 Å². The van der Waals surface area contributed by atoms with Crippen molar-refractivity contribution >= 4 is 24.0 Å². The average molecular weight is 521 g/mol. The van der Waals surface area contributed by atoms with E-state index in [2.05, 4.69) is 23.8 Å². The molecule has 0 fully saturated rings. The van der Waals surface area contributed by atoms with Crippen molar-refractivity contribution in [3.63, 3.8) is 0 Å². The largest absolute Gasteiger partial charge is 0.493 e.